The fourth-order valence-corrected chi connectivity index (χ4v) is 4.15. The molecule has 0 radical (unpaired) electrons. The molecular weight excluding hydrogens is 480 g/mol. The SMILES string of the molecule is CCNC(=O)[C@@H](C)N(Cc1ccc(Cl)c(Cl)c1)C(=O)CN(c1cccc(F)c1)S(C)(=O)=O. The predicted octanol–water partition coefficient (Wildman–Crippen LogP) is 3.45. The molecule has 32 heavy (non-hydrogen) atoms. The molecule has 11 heteroatoms. The number of carbonyl (C=O) groups excluding carboxylic acids is 2. The van der Waals surface area contributed by atoms with Gasteiger partial charge in [-0.15, -0.1) is 0 Å². The van der Waals surface area contributed by atoms with Crippen LogP contribution in [0.3, 0.4) is 0 Å². The van der Waals surface area contributed by atoms with Crippen LogP contribution < -0.4 is 9.62 Å². The third-order valence-electron chi connectivity index (χ3n) is 4.63. The van der Waals surface area contributed by atoms with Gasteiger partial charge in [0.25, 0.3) is 0 Å². The third-order valence-corrected chi connectivity index (χ3v) is 6.51. The fraction of sp³-hybridized carbons (Fsp3) is 0.333. The van der Waals surface area contributed by atoms with Crippen LogP contribution in [0.15, 0.2) is 42.5 Å². The number of nitrogens with one attached hydrogen (secondary N) is 1. The van der Waals surface area contributed by atoms with Crippen molar-refractivity contribution in [3.05, 3.63) is 63.9 Å². The highest BCUT2D eigenvalue weighted by molar-refractivity contribution is 7.92. The fourth-order valence-electron chi connectivity index (χ4n) is 2.98. The van der Waals surface area contributed by atoms with E-state index in [0.29, 0.717) is 17.1 Å². The van der Waals surface area contributed by atoms with E-state index in [2.05, 4.69) is 5.32 Å². The summed E-state index contributed by atoms with van der Waals surface area (Å²) in [6, 6.07) is 8.78. The number of sulfonamides is 1. The minimum atomic E-state index is -3.92. The Morgan fingerprint density at radius 2 is 1.81 bits per heavy atom. The maximum Gasteiger partial charge on any atom is 0.244 e. The molecule has 0 unspecified atom stereocenters. The Bertz CT molecular complexity index is 1100. The smallest absolute Gasteiger partial charge is 0.244 e. The lowest BCUT2D eigenvalue weighted by Crippen LogP contribution is -2.51. The molecule has 0 aromatic heterocycles. The van der Waals surface area contributed by atoms with Crippen molar-refractivity contribution in [3.63, 3.8) is 0 Å². The van der Waals surface area contributed by atoms with Crippen LogP contribution in [0.25, 0.3) is 0 Å². The first-order chi connectivity index (χ1) is 14.9. The Morgan fingerprint density at radius 3 is 2.38 bits per heavy atom. The molecule has 0 fully saturated rings. The molecule has 0 spiro atoms. The van der Waals surface area contributed by atoms with Crippen LogP contribution in [-0.2, 0) is 26.2 Å². The number of hydrogen-bond donors (Lipinski definition) is 1. The molecule has 1 atom stereocenters. The molecule has 0 bridgehead atoms. The first-order valence-electron chi connectivity index (χ1n) is 9.68. The Hall–Kier alpha value is -2.36. The first kappa shape index (κ1) is 25.9. The summed E-state index contributed by atoms with van der Waals surface area (Å²) in [4.78, 5) is 27.0. The second-order valence-electron chi connectivity index (χ2n) is 7.09. The third kappa shape index (κ3) is 6.82. The molecule has 0 aliphatic carbocycles. The highest BCUT2D eigenvalue weighted by Crippen LogP contribution is 2.24. The van der Waals surface area contributed by atoms with E-state index in [0.717, 1.165) is 16.6 Å². The number of rotatable bonds is 9. The van der Waals surface area contributed by atoms with Gasteiger partial charge < -0.3 is 10.2 Å². The summed E-state index contributed by atoms with van der Waals surface area (Å²) in [6.07, 6.45) is 0.918. The average Bonchev–Trinajstić information content (AvgIpc) is 2.71. The minimum absolute atomic E-state index is 0.000926. The van der Waals surface area contributed by atoms with Crippen molar-refractivity contribution in [3.8, 4) is 0 Å². The van der Waals surface area contributed by atoms with Gasteiger partial charge in [-0.2, -0.15) is 0 Å². The number of nitrogens with zero attached hydrogens (tertiary/aromatic N) is 2. The van der Waals surface area contributed by atoms with Gasteiger partial charge in [0.05, 0.1) is 22.0 Å². The van der Waals surface area contributed by atoms with Crippen LogP contribution in [-0.4, -0.2) is 50.5 Å². The summed E-state index contributed by atoms with van der Waals surface area (Å²) >= 11 is 12.0. The molecule has 2 aromatic rings. The molecule has 0 saturated carbocycles. The van der Waals surface area contributed by atoms with Crippen molar-refractivity contribution in [2.24, 2.45) is 0 Å². The topological polar surface area (TPSA) is 86.8 Å². The van der Waals surface area contributed by atoms with Gasteiger partial charge in [0, 0.05) is 13.1 Å². The number of halogens is 3. The van der Waals surface area contributed by atoms with Crippen molar-refractivity contribution in [2.75, 3.05) is 23.7 Å². The van der Waals surface area contributed by atoms with Gasteiger partial charge in [0.2, 0.25) is 21.8 Å². The maximum absolute atomic E-state index is 13.7. The summed E-state index contributed by atoms with van der Waals surface area (Å²) in [5.74, 6) is -1.70. The first-order valence-corrected chi connectivity index (χ1v) is 12.3. The van der Waals surface area contributed by atoms with Crippen LogP contribution in [0.5, 0.6) is 0 Å². The zero-order valence-corrected chi connectivity index (χ0v) is 20.1. The highest BCUT2D eigenvalue weighted by atomic mass is 35.5. The zero-order chi connectivity index (χ0) is 24.1. The quantitative estimate of drug-likeness (QED) is 0.567. The number of hydrogen-bond acceptors (Lipinski definition) is 4. The molecule has 174 valence electrons. The Labute approximate surface area is 197 Å². The van der Waals surface area contributed by atoms with Gasteiger partial charge in [0.15, 0.2) is 0 Å². The lowest BCUT2D eigenvalue weighted by atomic mass is 10.1. The summed E-state index contributed by atoms with van der Waals surface area (Å²) in [5.41, 5.74) is 0.599. The number of anilines is 1. The predicted molar refractivity (Wildman–Crippen MR) is 124 cm³/mol. The normalized spacial score (nSPS) is 12.2. The van der Waals surface area contributed by atoms with Crippen molar-refractivity contribution < 1.29 is 22.4 Å². The maximum atomic E-state index is 13.7. The van der Waals surface area contributed by atoms with Crippen LogP contribution in [0.4, 0.5) is 10.1 Å². The number of likely N-dealkylation sites (N-methyl/N-ethyl adjacent to an activating group) is 1. The van der Waals surface area contributed by atoms with E-state index in [4.69, 9.17) is 23.2 Å². The van der Waals surface area contributed by atoms with E-state index in [1.807, 2.05) is 0 Å². The minimum Gasteiger partial charge on any atom is -0.355 e. The largest absolute Gasteiger partial charge is 0.355 e. The molecular formula is C21H24Cl2FN3O4S. The zero-order valence-electron chi connectivity index (χ0n) is 17.8. The Kier molecular flexibility index (Phi) is 8.89. The lowest BCUT2D eigenvalue weighted by Gasteiger charge is -2.31. The van der Waals surface area contributed by atoms with E-state index < -0.39 is 40.2 Å². The number of amides is 2. The molecule has 7 nitrogen and oxygen atoms in total. The molecule has 2 amide bonds. The van der Waals surface area contributed by atoms with Gasteiger partial charge in [-0.1, -0.05) is 35.3 Å². The van der Waals surface area contributed by atoms with Crippen LogP contribution in [0.1, 0.15) is 19.4 Å². The lowest BCUT2D eigenvalue weighted by molar-refractivity contribution is -0.139. The van der Waals surface area contributed by atoms with Gasteiger partial charge in [-0.25, -0.2) is 12.8 Å². The molecule has 0 heterocycles. The Balaban J connectivity index is 2.40. The van der Waals surface area contributed by atoms with E-state index in [1.54, 1.807) is 25.1 Å². The molecule has 0 aliphatic heterocycles. The monoisotopic (exact) mass is 503 g/mol. The highest BCUT2D eigenvalue weighted by Gasteiger charge is 2.30. The van der Waals surface area contributed by atoms with Crippen molar-refractivity contribution in [1.29, 1.82) is 0 Å². The van der Waals surface area contributed by atoms with E-state index in [-0.39, 0.29) is 17.3 Å². The van der Waals surface area contributed by atoms with E-state index >= 15 is 0 Å². The summed E-state index contributed by atoms with van der Waals surface area (Å²) in [6.45, 7) is 3.00. The van der Waals surface area contributed by atoms with Crippen LogP contribution in [0.2, 0.25) is 10.0 Å². The van der Waals surface area contributed by atoms with Crippen molar-refractivity contribution >= 4 is 50.7 Å². The van der Waals surface area contributed by atoms with Gasteiger partial charge >= 0.3 is 0 Å². The van der Waals surface area contributed by atoms with Gasteiger partial charge in [-0.3, -0.25) is 13.9 Å². The molecule has 2 rings (SSSR count). The molecule has 0 saturated heterocycles. The second-order valence-corrected chi connectivity index (χ2v) is 9.81. The Morgan fingerprint density at radius 1 is 1.12 bits per heavy atom. The van der Waals surface area contributed by atoms with Crippen molar-refractivity contribution in [2.45, 2.75) is 26.4 Å². The molecule has 2 aromatic carbocycles. The molecule has 0 aliphatic rings. The number of benzene rings is 2. The van der Waals surface area contributed by atoms with E-state index in [1.165, 1.54) is 30.0 Å². The van der Waals surface area contributed by atoms with Gasteiger partial charge in [-0.05, 0) is 49.7 Å². The van der Waals surface area contributed by atoms with E-state index in [9.17, 15) is 22.4 Å². The van der Waals surface area contributed by atoms with Crippen LogP contribution in [0, 0.1) is 5.82 Å². The number of carbonyl (C=O) groups is 2. The summed E-state index contributed by atoms with van der Waals surface area (Å²) in [5, 5.41) is 3.26. The standard InChI is InChI=1S/C21H24Cl2FN3O4S/c1-4-25-21(29)14(2)26(12-15-8-9-18(22)19(23)10-15)20(28)13-27(32(3,30)31)17-7-5-6-16(24)11-17/h5-11,14H,4,12-13H2,1-3H3,(H,25,29)/t14-/m1/s1. The summed E-state index contributed by atoms with van der Waals surface area (Å²) < 4.78 is 39.2. The second kappa shape index (κ2) is 11.0. The van der Waals surface area contributed by atoms with Gasteiger partial charge in [0.1, 0.15) is 18.4 Å². The van der Waals surface area contributed by atoms with Crippen molar-refractivity contribution in [1.82, 2.24) is 10.2 Å². The molecule has 1 N–H and O–H groups in total. The summed E-state index contributed by atoms with van der Waals surface area (Å²) in [7, 11) is -3.92. The average molecular weight is 504 g/mol. The van der Waals surface area contributed by atoms with Crippen LogP contribution >= 0.6 is 23.2 Å².